The topological polar surface area (TPSA) is 49.4 Å². The highest BCUT2D eigenvalue weighted by molar-refractivity contribution is 6.32. The fourth-order valence-corrected chi connectivity index (χ4v) is 4.43. The normalized spacial score (nSPS) is 18.7. The van der Waals surface area contributed by atoms with E-state index < -0.39 is 0 Å². The molecule has 3 aromatic rings. The second-order valence-electron chi connectivity index (χ2n) is 8.36. The zero-order valence-electron chi connectivity index (χ0n) is 18.3. The molecule has 4 rings (SSSR count). The van der Waals surface area contributed by atoms with Gasteiger partial charge in [-0.05, 0) is 43.9 Å². The average molecular weight is 439 g/mol. The summed E-state index contributed by atoms with van der Waals surface area (Å²) in [6, 6.07) is 19.1. The van der Waals surface area contributed by atoms with E-state index in [1.165, 1.54) is 11.1 Å². The highest BCUT2D eigenvalue weighted by Crippen LogP contribution is 2.29. The van der Waals surface area contributed by atoms with Crippen LogP contribution in [0.2, 0.25) is 5.02 Å². The van der Waals surface area contributed by atoms with Crippen LogP contribution in [0.25, 0.3) is 10.9 Å². The number of halogens is 1. The van der Waals surface area contributed by atoms with E-state index in [0.717, 1.165) is 49.3 Å². The van der Waals surface area contributed by atoms with Gasteiger partial charge in [-0.15, -0.1) is 0 Å². The number of nitrogens with zero attached hydrogens (tertiary/aromatic N) is 2. The number of fused-ring (bicyclic) bond motifs is 1. The van der Waals surface area contributed by atoms with Crippen molar-refractivity contribution in [3.05, 3.63) is 59.6 Å². The second kappa shape index (κ2) is 10.2. The molecule has 1 heterocycles. The van der Waals surface area contributed by atoms with Gasteiger partial charge in [0, 0.05) is 49.9 Å². The summed E-state index contributed by atoms with van der Waals surface area (Å²) in [5.41, 5.74) is 2.23. The Balaban J connectivity index is 1.25. The predicted octanol–water partition coefficient (Wildman–Crippen LogP) is 5.35. The molecule has 0 saturated heterocycles. The number of nitrogens with one attached hydrogen (secondary N) is 2. The summed E-state index contributed by atoms with van der Waals surface area (Å²) in [4.78, 5) is 7.00. The van der Waals surface area contributed by atoms with Crippen LogP contribution in [0.3, 0.4) is 0 Å². The van der Waals surface area contributed by atoms with Crippen molar-refractivity contribution >= 4 is 34.0 Å². The van der Waals surface area contributed by atoms with Crippen molar-refractivity contribution in [2.75, 3.05) is 37.5 Å². The molecule has 1 aliphatic carbocycles. The molecule has 1 aromatic heterocycles. The molecule has 6 heteroatoms. The minimum absolute atomic E-state index is 0.459. The lowest BCUT2D eigenvalue weighted by atomic mass is 9.91. The average Bonchev–Trinajstić information content (AvgIpc) is 2.78. The Morgan fingerprint density at radius 3 is 2.48 bits per heavy atom. The number of anilines is 2. The molecule has 0 spiro atoms. The molecular weight excluding hydrogens is 408 g/mol. The highest BCUT2D eigenvalue weighted by atomic mass is 35.5. The first-order valence-corrected chi connectivity index (χ1v) is 11.4. The van der Waals surface area contributed by atoms with Crippen LogP contribution in [-0.2, 0) is 0 Å². The van der Waals surface area contributed by atoms with E-state index in [9.17, 15) is 0 Å². The third kappa shape index (κ3) is 5.60. The zero-order chi connectivity index (χ0) is 21.6. The molecule has 0 bridgehead atoms. The number of aromatic nitrogens is 1. The number of para-hydroxylation sites is 2. The Labute approximate surface area is 189 Å². The molecule has 31 heavy (non-hydrogen) atoms. The minimum Gasteiger partial charge on any atom is -0.491 e. The largest absolute Gasteiger partial charge is 0.491 e. The van der Waals surface area contributed by atoms with Gasteiger partial charge in [-0.25, -0.2) is 4.98 Å². The summed E-state index contributed by atoms with van der Waals surface area (Å²) in [5, 5.41) is 9.15. The van der Waals surface area contributed by atoms with E-state index in [1.807, 2.05) is 30.3 Å². The molecule has 2 aromatic carbocycles. The molecule has 0 radical (unpaired) electrons. The van der Waals surface area contributed by atoms with E-state index >= 15 is 0 Å². The standard InChI is InChI=1S/C25H31ClN4O/c1-30(2)23-17-25(29-22-9-5-3-7-20(22)23)28-19-13-11-18(12-14-19)27-15-16-31-24-10-6-4-8-21(24)26/h3-10,17-19,27H,11-16H2,1-2H3,(H,28,29). The number of rotatable bonds is 8. The number of pyridine rings is 1. The summed E-state index contributed by atoms with van der Waals surface area (Å²) in [5.74, 6) is 1.71. The zero-order valence-corrected chi connectivity index (χ0v) is 19.0. The van der Waals surface area contributed by atoms with Gasteiger partial charge >= 0.3 is 0 Å². The van der Waals surface area contributed by atoms with Crippen LogP contribution in [0.5, 0.6) is 5.75 Å². The first-order valence-electron chi connectivity index (χ1n) is 11.0. The molecule has 1 aliphatic rings. The van der Waals surface area contributed by atoms with Crippen LogP contribution in [0.1, 0.15) is 25.7 Å². The summed E-state index contributed by atoms with van der Waals surface area (Å²) >= 11 is 6.13. The lowest BCUT2D eigenvalue weighted by molar-refractivity contribution is 0.285. The van der Waals surface area contributed by atoms with E-state index in [-0.39, 0.29) is 0 Å². The molecule has 5 nitrogen and oxygen atoms in total. The minimum atomic E-state index is 0.459. The highest BCUT2D eigenvalue weighted by Gasteiger charge is 2.21. The Morgan fingerprint density at radius 1 is 1.00 bits per heavy atom. The Bertz CT molecular complexity index is 1000. The van der Waals surface area contributed by atoms with Crippen LogP contribution >= 0.6 is 11.6 Å². The van der Waals surface area contributed by atoms with Crippen molar-refractivity contribution in [1.29, 1.82) is 0 Å². The second-order valence-corrected chi connectivity index (χ2v) is 8.77. The third-order valence-corrected chi connectivity index (χ3v) is 6.20. The van der Waals surface area contributed by atoms with Crippen molar-refractivity contribution in [2.45, 2.75) is 37.8 Å². The Hall–Kier alpha value is -2.50. The molecule has 1 saturated carbocycles. The Morgan fingerprint density at radius 2 is 1.71 bits per heavy atom. The maximum Gasteiger partial charge on any atom is 0.137 e. The van der Waals surface area contributed by atoms with Gasteiger partial charge < -0.3 is 20.3 Å². The van der Waals surface area contributed by atoms with Crippen molar-refractivity contribution in [2.24, 2.45) is 0 Å². The van der Waals surface area contributed by atoms with Gasteiger partial charge in [-0.3, -0.25) is 0 Å². The first-order chi connectivity index (χ1) is 15.1. The molecule has 0 aliphatic heterocycles. The van der Waals surface area contributed by atoms with Crippen molar-refractivity contribution in [3.63, 3.8) is 0 Å². The summed E-state index contributed by atoms with van der Waals surface area (Å²) in [7, 11) is 4.16. The number of hydrogen-bond acceptors (Lipinski definition) is 5. The summed E-state index contributed by atoms with van der Waals surface area (Å²) in [6.45, 7) is 1.45. The number of ether oxygens (including phenoxy) is 1. The van der Waals surface area contributed by atoms with Gasteiger partial charge in [0.05, 0.1) is 10.5 Å². The van der Waals surface area contributed by atoms with Crippen molar-refractivity contribution in [1.82, 2.24) is 10.3 Å². The fraction of sp³-hybridized carbons (Fsp3) is 0.400. The molecule has 0 amide bonds. The van der Waals surface area contributed by atoms with Gasteiger partial charge in [-0.2, -0.15) is 0 Å². The maximum atomic E-state index is 6.13. The van der Waals surface area contributed by atoms with Crippen LogP contribution in [0.15, 0.2) is 54.6 Å². The van der Waals surface area contributed by atoms with Gasteiger partial charge in [-0.1, -0.05) is 41.9 Å². The van der Waals surface area contributed by atoms with Crippen LogP contribution < -0.4 is 20.3 Å². The predicted molar refractivity (Wildman–Crippen MR) is 131 cm³/mol. The molecule has 164 valence electrons. The lowest BCUT2D eigenvalue weighted by Crippen LogP contribution is -2.38. The molecule has 0 atom stereocenters. The third-order valence-electron chi connectivity index (χ3n) is 5.88. The quantitative estimate of drug-likeness (QED) is 0.464. The molecular formula is C25H31ClN4O. The SMILES string of the molecule is CN(C)c1cc(NC2CCC(NCCOc3ccccc3Cl)CC2)nc2ccccc12. The lowest BCUT2D eigenvalue weighted by Gasteiger charge is -2.30. The molecule has 1 fully saturated rings. The fourth-order valence-electron chi connectivity index (χ4n) is 4.24. The van der Waals surface area contributed by atoms with E-state index in [2.05, 4.69) is 53.9 Å². The smallest absolute Gasteiger partial charge is 0.137 e. The molecule has 0 unspecified atom stereocenters. The summed E-state index contributed by atoms with van der Waals surface area (Å²) < 4.78 is 5.77. The monoisotopic (exact) mass is 438 g/mol. The Kier molecular flexibility index (Phi) is 7.15. The van der Waals surface area contributed by atoms with E-state index in [4.69, 9.17) is 21.3 Å². The van der Waals surface area contributed by atoms with Crippen molar-refractivity contribution in [3.8, 4) is 5.75 Å². The van der Waals surface area contributed by atoms with Gasteiger partial charge in [0.15, 0.2) is 0 Å². The van der Waals surface area contributed by atoms with Crippen LogP contribution in [-0.4, -0.2) is 44.3 Å². The van der Waals surface area contributed by atoms with E-state index in [0.29, 0.717) is 23.7 Å². The summed E-state index contributed by atoms with van der Waals surface area (Å²) in [6.07, 6.45) is 4.57. The van der Waals surface area contributed by atoms with E-state index in [1.54, 1.807) is 0 Å². The number of benzene rings is 2. The maximum absolute atomic E-state index is 6.13. The van der Waals surface area contributed by atoms with Crippen LogP contribution in [0, 0.1) is 0 Å². The molecule has 2 N–H and O–H groups in total. The van der Waals surface area contributed by atoms with Crippen molar-refractivity contribution < 1.29 is 4.74 Å². The van der Waals surface area contributed by atoms with Gasteiger partial charge in [0.25, 0.3) is 0 Å². The van der Waals surface area contributed by atoms with Gasteiger partial charge in [0.1, 0.15) is 18.2 Å². The van der Waals surface area contributed by atoms with Crippen LogP contribution in [0.4, 0.5) is 11.5 Å². The number of hydrogen-bond donors (Lipinski definition) is 2. The first kappa shape index (κ1) is 21.7. The van der Waals surface area contributed by atoms with Gasteiger partial charge in [0.2, 0.25) is 0 Å².